The van der Waals surface area contributed by atoms with Gasteiger partial charge in [0, 0.05) is 32.2 Å². The molecular weight excluding hydrogens is 317 g/mol. The molecule has 24 heavy (non-hydrogen) atoms. The minimum Gasteiger partial charge on any atom is -0.497 e. The Morgan fingerprint density at radius 2 is 1.88 bits per heavy atom. The van der Waals surface area contributed by atoms with Crippen LogP contribution in [0.2, 0.25) is 0 Å². The van der Waals surface area contributed by atoms with E-state index in [1.165, 1.54) is 13.2 Å². The number of rotatable bonds is 6. The first-order valence-corrected chi connectivity index (χ1v) is 8.57. The molecule has 1 heterocycles. The molecule has 1 aromatic rings. The molecule has 0 saturated carbocycles. The Balaban J connectivity index is 2.43. The van der Waals surface area contributed by atoms with Crippen molar-refractivity contribution in [3.63, 3.8) is 0 Å². The van der Waals surface area contributed by atoms with E-state index in [0.29, 0.717) is 5.56 Å². The lowest BCUT2D eigenvalue weighted by Crippen LogP contribution is -2.46. The zero-order chi connectivity index (χ0) is 17.7. The summed E-state index contributed by atoms with van der Waals surface area (Å²) in [4.78, 5) is 2.30. The molecule has 0 amide bonds. The van der Waals surface area contributed by atoms with Gasteiger partial charge in [0.25, 0.3) is 0 Å². The number of hydrogen-bond acceptors (Lipinski definition) is 3. The highest BCUT2D eigenvalue weighted by molar-refractivity contribution is 5.38. The largest absolute Gasteiger partial charge is 0.497 e. The van der Waals surface area contributed by atoms with E-state index in [-0.39, 0.29) is 17.7 Å². The summed E-state index contributed by atoms with van der Waals surface area (Å²) in [7, 11) is 1.41. The molecule has 3 nitrogen and oxygen atoms in total. The first-order chi connectivity index (χ1) is 11.4. The molecule has 1 unspecified atom stereocenters. The zero-order valence-corrected chi connectivity index (χ0v) is 14.6. The fourth-order valence-electron chi connectivity index (χ4n) is 3.55. The van der Waals surface area contributed by atoms with Gasteiger partial charge in [-0.3, -0.25) is 4.90 Å². The summed E-state index contributed by atoms with van der Waals surface area (Å²) in [6.07, 6.45) is -2.38. The fourth-order valence-corrected chi connectivity index (χ4v) is 3.55. The van der Waals surface area contributed by atoms with E-state index < -0.39 is 11.7 Å². The van der Waals surface area contributed by atoms with E-state index in [1.54, 1.807) is 6.07 Å². The highest BCUT2D eigenvalue weighted by Gasteiger charge is 2.34. The molecule has 0 aliphatic carbocycles. The van der Waals surface area contributed by atoms with Crippen molar-refractivity contribution in [2.75, 3.05) is 33.3 Å². The van der Waals surface area contributed by atoms with Gasteiger partial charge in [0.1, 0.15) is 5.75 Å². The van der Waals surface area contributed by atoms with Crippen LogP contribution >= 0.6 is 0 Å². The van der Waals surface area contributed by atoms with Gasteiger partial charge in [0.2, 0.25) is 0 Å². The summed E-state index contributed by atoms with van der Waals surface area (Å²) < 4.78 is 44.9. The first-order valence-electron chi connectivity index (χ1n) is 8.57. The maximum atomic E-state index is 13.3. The molecular formula is C18H27F3N2O. The summed E-state index contributed by atoms with van der Waals surface area (Å²) in [5.74, 6) is 0.546. The van der Waals surface area contributed by atoms with Gasteiger partial charge in [0.05, 0.1) is 12.7 Å². The number of benzene rings is 1. The number of nitrogens with one attached hydrogen (secondary N) is 1. The number of ether oxygens (including phenoxy) is 1. The SMILES string of the molecule is CCCC(C)[C@@H](c1cc(OC)cc(C(F)(F)F)c1)N1CCNCC1. The predicted octanol–water partition coefficient (Wildman–Crippen LogP) is 4.10. The number of nitrogens with zero attached hydrogens (tertiary/aromatic N) is 1. The van der Waals surface area contributed by atoms with Gasteiger partial charge >= 0.3 is 6.18 Å². The van der Waals surface area contributed by atoms with Gasteiger partial charge in [-0.1, -0.05) is 20.3 Å². The highest BCUT2D eigenvalue weighted by atomic mass is 19.4. The van der Waals surface area contributed by atoms with Crippen LogP contribution in [-0.2, 0) is 6.18 Å². The normalized spacial score (nSPS) is 19.1. The van der Waals surface area contributed by atoms with E-state index in [1.807, 2.05) is 0 Å². The molecule has 1 saturated heterocycles. The number of piperazine rings is 1. The Labute approximate surface area is 142 Å². The number of alkyl halides is 3. The fraction of sp³-hybridized carbons (Fsp3) is 0.667. The smallest absolute Gasteiger partial charge is 0.416 e. The maximum absolute atomic E-state index is 13.3. The molecule has 1 N–H and O–H groups in total. The summed E-state index contributed by atoms with van der Waals surface area (Å²) in [6.45, 7) is 7.66. The summed E-state index contributed by atoms with van der Waals surface area (Å²) in [5.41, 5.74) is 0.0604. The van der Waals surface area contributed by atoms with Crippen molar-refractivity contribution in [1.29, 1.82) is 0 Å². The third-order valence-corrected chi connectivity index (χ3v) is 4.66. The quantitative estimate of drug-likeness (QED) is 0.841. The predicted molar refractivity (Wildman–Crippen MR) is 89.3 cm³/mol. The molecule has 1 aliphatic heterocycles. The average molecular weight is 344 g/mol. The van der Waals surface area contributed by atoms with Crippen molar-refractivity contribution < 1.29 is 17.9 Å². The van der Waals surface area contributed by atoms with Crippen molar-refractivity contribution in [2.24, 2.45) is 5.92 Å². The third-order valence-electron chi connectivity index (χ3n) is 4.66. The zero-order valence-electron chi connectivity index (χ0n) is 14.6. The Kier molecular flexibility index (Phi) is 6.52. The van der Waals surface area contributed by atoms with Crippen LogP contribution in [0.3, 0.4) is 0 Å². The van der Waals surface area contributed by atoms with E-state index >= 15 is 0 Å². The summed E-state index contributed by atoms with van der Waals surface area (Å²) >= 11 is 0. The first kappa shape index (κ1) is 19.1. The molecule has 0 aromatic heterocycles. The summed E-state index contributed by atoms with van der Waals surface area (Å²) in [5, 5.41) is 3.30. The second kappa shape index (κ2) is 8.21. The second-order valence-corrected chi connectivity index (χ2v) is 6.49. The Bertz CT molecular complexity index is 527. The molecule has 0 bridgehead atoms. The van der Waals surface area contributed by atoms with Gasteiger partial charge in [-0.2, -0.15) is 13.2 Å². The molecule has 1 aromatic carbocycles. The van der Waals surface area contributed by atoms with Gasteiger partial charge in [-0.05, 0) is 36.1 Å². The molecule has 0 radical (unpaired) electrons. The minimum absolute atomic E-state index is 0.0248. The molecule has 136 valence electrons. The van der Waals surface area contributed by atoms with Crippen molar-refractivity contribution >= 4 is 0 Å². The van der Waals surface area contributed by atoms with Crippen molar-refractivity contribution in [3.05, 3.63) is 29.3 Å². The second-order valence-electron chi connectivity index (χ2n) is 6.49. The topological polar surface area (TPSA) is 24.5 Å². The highest BCUT2D eigenvalue weighted by Crippen LogP contribution is 2.38. The number of hydrogen-bond donors (Lipinski definition) is 1. The third kappa shape index (κ3) is 4.63. The van der Waals surface area contributed by atoms with Crippen molar-refractivity contribution in [1.82, 2.24) is 10.2 Å². The van der Waals surface area contributed by atoms with Gasteiger partial charge < -0.3 is 10.1 Å². The number of halogens is 3. The van der Waals surface area contributed by atoms with Crippen LogP contribution in [-0.4, -0.2) is 38.2 Å². The minimum atomic E-state index is -4.37. The molecule has 1 fully saturated rings. The summed E-state index contributed by atoms with van der Waals surface area (Å²) in [6, 6.07) is 4.10. The molecule has 0 spiro atoms. The van der Waals surface area contributed by atoms with Gasteiger partial charge in [-0.25, -0.2) is 0 Å². The van der Waals surface area contributed by atoms with Gasteiger partial charge in [0.15, 0.2) is 0 Å². The monoisotopic (exact) mass is 344 g/mol. The molecule has 2 atom stereocenters. The van der Waals surface area contributed by atoms with Crippen molar-refractivity contribution in [2.45, 2.75) is 38.9 Å². The van der Waals surface area contributed by atoms with Crippen LogP contribution in [0.25, 0.3) is 0 Å². The van der Waals surface area contributed by atoms with E-state index in [0.717, 1.165) is 45.1 Å². The van der Waals surface area contributed by atoms with Crippen molar-refractivity contribution in [3.8, 4) is 5.75 Å². The maximum Gasteiger partial charge on any atom is 0.416 e. The van der Waals surface area contributed by atoms with Crippen LogP contribution in [0, 0.1) is 5.92 Å². The Hall–Kier alpha value is -1.27. The van der Waals surface area contributed by atoms with Crippen LogP contribution < -0.4 is 10.1 Å². The van der Waals surface area contributed by atoms with Crippen LogP contribution in [0.1, 0.15) is 43.9 Å². The van der Waals surface area contributed by atoms with E-state index in [9.17, 15) is 13.2 Å². The van der Waals surface area contributed by atoms with Crippen LogP contribution in [0.4, 0.5) is 13.2 Å². The molecule has 2 rings (SSSR count). The molecule has 1 aliphatic rings. The lowest BCUT2D eigenvalue weighted by molar-refractivity contribution is -0.137. The van der Waals surface area contributed by atoms with E-state index in [2.05, 4.69) is 24.1 Å². The standard InChI is InChI=1S/C18H27F3N2O/c1-4-5-13(2)17(23-8-6-22-7-9-23)14-10-15(18(19,20)21)12-16(11-14)24-3/h10-13,17,22H,4-9H2,1-3H3/t13?,17-/m0/s1. The lowest BCUT2D eigenvalue weighted by Gasteiger charge is -2.39. The van der Waals surface area contributed by atoms with Gasteiger partial charge in [-0.15, -0.1) is 0 Å². The Morgan fingerprint density at radius 3 is 2.42 bits per heavy atom. The average Bonchev–Trinajstić information content (AvgIpc) is 2.55. The lowest BCUT2D eigenvalue weighted by atomic mass is 9.88. The van der Waals surface area contributed by atoms with Crippen LogP contribution in [0.5, 0.6) is 5.75 Å². The molecule has 6 heteroatoms. The van der Waals surface area contributed by atoms with Crippen LogP contribution in [0.15, 0.2) is 18.2 Å². The Morgan fingerprint density at radius 1 is 1.21 bits per heavy atom. The van der Waals surface area contributed by atoms with E-state index in [4.69, 9.17) is 4.74 Å². The number of methoxy groups -OCH3 is 1.